The third-order valence-corrected chi connectivity index (χ3v) is 8.20. The molecule has 1 fully saturated rings. The van der Waals surface area contributed by atoms with Gasteiger partial charge in [0.25, 0.3) is 5.91 Å². The second kappa shape index (κ2) is 10.3. The van der Waals surface area contributed by atoms with Crippen molar-refractivity contribution in [2.24, 2.45) is 5.10 Å². The lowest BCUT2D eigenvalue weighted by Gasteiger charge is -2.10. The first-order valence-electron chi connectivity index (χ1n) is 10.2. The molecular weight excluding hydrogens is 445 g/mol. The fraction of sp³-hybridized carbons (Fsp3) is 0.250. The van der Waals surface area contributed by atoms with Crippen LogP contribution >= 0.6 is 23.5 Å². The molecule has 2 heterocycles. The summed E-state index contributed by atoms with van der Waals surface area (Å²) >= 11 is 3.90. The van der Waals surface area contributed by atoms with E-state index in [9.17, 15) is 9.18 Å². The number of aryl methyl sites for hydroxylation is 1. The molecule has 1 aliphatic heterocycles. The zero-order chi connectivity index (χ0) is 22.5. The van der Waals surface area contributed by atoms with Gasteiger partial charge < -0.3 is 9.30 Å². The zero-order valence-electron chi connectivity index (χ0n) is 17.9. The normalized spacial score (nSPS) is 14.2. The Balaban J connectivity index is 1.32. The largest absolute Gasteiger partial charge is 0.484 e. The molecule has 8 heteroatoms. The Morgan fingerprint density at radius 2 is 1.91 bits per heavy atom. The van der Waals surface area contributed by atoms with Crippen LogP contribution in [0.3, 0.4) is 0 Å². The standard InChI is InChI=1S/C24H24FN3O2S2/c1-16-13-19(17(2)28(16)22-6-4-3-5-21(22)25)14-26-27-23(29)15-30-20-9-7-18(8-10-20)24-31-11-12-32-24/h3-10,13-14,24H,11-12,15H2,1-2H3,(H,27,29)/b26-14-. The van der Waals surface area contributed by atoms with Crippen LogP contribution in [0.15, 0.2) is 59.7 Å². The maximum Gasteiger partial charge on any atom is 0.277 e. The smallest absolute Gasteiger partial charge is 0.277 e. The molecule has 0 spiro atoms. The minimum Gasteiger partial charge on any atom is -0.484 e. The molecule has 32 heavy (non-hydrogen) atoms. The SMILES string of the molecule is Cc1cc(/C=N\NC(=O)COc2ccc(C3SCCS3)cc2)c(C)n1-c1ccccc1F. The van der Waals surface area contributed by atoms with E-state index in [0.29, 0.717) is 16.0 Å². The second-order valence-electron chi connectivity index (χ2n) is 7.34. The van der Waals surface area contributed by atoms with Gasteiger partial charge in [0, 0.05) is 28.5 Å². The number of carbonyl (C=O) groups excluding carboxylic acids is 1. The van der Waals surface area contributed by atoms with E-state index in [-0.39, 0.29) is 18.3 Å². The Hall–Kier alpha value is -2.71. The lowest BCUT2D eigenvalue weighted by Crippen LogP contribution is -2.24. The molecule has 0 radical (unpaired) electrons. The maximum absolute atomic E-state index is 14.2. The van der Waals surface area contributed by atoms with Crippen LogP contribution in [0.1, 0.15) is 27.1 Å². The first-order valence-corrected chi connectivity index (χ1v) is 12.3. The molecule has 0 atom stereocenters. The van der Waals surface area contributed by atoms with E-state index in [1.165, 1.54) is 23.1 Å². The summed E-state index contributed by atoms with van der Waals surface area (Å²) in [5, 5.41) is 4.03. The van der Waals surface area contributed by atoms with Crippen molar-refractivity contribution < 1.29 is 13.9 Å². The first-order chi connectivity index (χ1) is 15.5. The zero-order valence-corrected chi connectivity index (χ0v) is 19.5. The minimum atomic E-state index is -0.352. The van der Waals surface area contributed by atoms with Crippen LogP contribution in [0.4, 0.5) is 4.39 Å². The Morgan fingerprint density at radius 1 is 1.19 bits per heavy atom. The Labute approximate surface area is 195 Å². The van der Waals surface area contributed by atoms with Gasteiger partial charge >= 0.3 is 0 Å². The van der Waals surface area contributed by atoms with Crippen molar-refractivity contribution in [1.82, 2.24) is 9.99 Å². The van der Waals surface area contributed by atoms with Crippen molar-refractivity contribution in [3.8, 4) is 11.4 Å². The number of nitrogens with one attached hydrogen (secondary N) is 1. The highest BCUT2D eigenvalue weighted by Gasteiger charge is 2.18. The van der Waals surface area contributed by atoms with E-state index >= 15 is 0 Å². The van der Waals surface area contributed by atoms with Gasteiger partial charge in [-0.1, -0.05) is 24.3 Å². The van der Waals surface area contributed by atoms with Gasteiger partial charge in [-0.15, -0.1) is 23.5 Å². The summed E-state index contributed by atoms with van der Waals surface area (Å²) in [4.78, 5) is 12.1. The quantitative estimate of drug-likeness (QED) is 0.380. The molecule has 1 aliphatic rings. The van der Waals surface area contributed by atoms with E-state index in [1.807, 2.05) is 72.3 Å². The number of hydrazone groups is 1. The summed E-state index contributed by atoms with van der Waals surface area (Å²) in [6.07, 6.45) is 1.56. The molecule has 0 bridgehead atoms. The monoisotopic (exact) mass is 469 g/mol. The first kappa shape index (κ1) is 22.5. The molecule has 1 aromatic heterocycles. The van der Waals surface area contributed by atoms with Crippen LogP contribution < -0.4 is 10.2 Å². The van der Waals surface area contributed by atoms with Crippen LogP contribution in [0.2, 0.25) is 0 Å². The van der Waals surface area contributed by atoms with Crippen molar-refractivity contribution in [2.45, 2.75) is 18.4 Å². The van der Waals surface area contributed by atoms with Gasteiger partial charge in [-0.3, -0.25) is 4.79 Å². The number of aromatic nitrogens is 1. The Morgan fingerprint density at radius 3 is 2.62 bits per heavy atom. The van der Waals surface area contributed by atoms with E-state index in [2.05, 4.69) is 10.5 Å². The number of rotatable bonds is 7. The molecule has 4 rings (SSSR count). The average molecular weight is 470 g/mol. The minimum absolute atomic E-state index is 0.127. The van der Waals surface area contributed by atoms with Crippen LogP contribution in [0.5, 0.6) is 5.75 Å². The summed E-state index contributed by atoms with van der Waals surface area (Å²) in [6.45, 7) is 3.66. The van der Waals surface area contributed by atoms with E-state index in [4.69, 9.17) is 4.74 Å². The lowest BCUT2D eigenvalue weighted by molar-refractivity contribution is -0.123. The van der Waals surface area contributed by atoms with Crippen molar-refractivity contribution in [3.63, 3.8) is 0 Å². The fourth-order valence-corrected chi connectivity index (χ4v) is 6.41. The highest BCUT2D eigenvalue weighted by molar-refractivity contribution is 8.19. The van der Waals surface area contributed by atoms with Crippen molar-refractivity contribution >= 4 is 35.6 Å². The van der Waals surface area contributed by atoms with Crippen molar-refractivity contribution in [1.29, 1.82) is 0 Å². The summed E-state index contributed by atoms with van der Waals surface area (Å²) < 4.78 is 22.1. The topological polar surface area (TPSA) is 55.6 Å². The molecule has 1 saturated heterocycles. The van der Waals surface area contributed by atoms with Crippen LogP contribution in [-0.4, -0.2) is 34.8 Å². The van der Waals surface area contributed by atoms with Crippen LogP contribution in [-0.2, 0) is 4.79 Å². The van der Waals surface area contributed by atoms with Gasteiger partial charge in [-0.25, -0.2) is 9.82 Å². The van der Waals surface area contributed by atoms with Gasteiger partial charge in [0.15, 0.2) is 6.61 Å². The summed E-state index contributed by atoms with van der Waals surface area (Å²) in [7, 11) is 0. The predicted octanol–water partition coefficient (Wildman–Crippen LogP) is 5.24. The summed E-state index contributed by atoms with van der Waals surface area (Å²) in [5.41, 5.74) is 6.74. The van der Waals surface area contributed by atoms with E-state index in [0.717, 1.165) is 17.0 Å². The van der Waals surface area contributed by atoms with E-state index < -0.39 is 0 Å². The summed E-state index contributed by atoms with van der Waals surface area (Å²) in [6, 6.07) is 16.4. The number of thioether (sulfide) groups is 2. The maximum atomic E-state index is 14.2. The number of halogens is 1. The molecular formula is C24H24FN3O2S2. The number of para-hydroxylation sites is 1. The molecule has 0 saturated carbocycles. The number of carbonyl (C=O) groups is 1. The van der Waals surface area contributed by atoms with Crippen molar-refractivity contribution in [2.75, 3.05) is 18.1 Å². The highest BCUT2D eigenvalue weighted by Crippen LogP contribution is 2.45. The van der Waals surface area contributed by atoms with E-state index in [1.54, 1.807) is 24.4 Å². The number of amides is 1. The van der Waals surface area contributed by atoms with Crippen LogP contribution in [0.25, 0.3) is 5.69 Å². The summed E-state index contributed by atoms with van der Waals surface area (Å²) in [5.74, 6) is 2.36. The number of hydrogen-bond donors (Lipinski definition) is 1. The highest BCUT2D eigenvalue weighted by atomic mass is 32.2. The molecule has 2 aromatic carbocycles. The Bertz CT molecular complexity index is 1120. The molecule has 5 nitrogen and oxygen atoms in total. The van der Waals surface area contributed by atoms with Crippen molar-refractivity contribution in [3.05, 3.63) is 82.9 Å². The van der Waals surface area contributed by atoms with Crippen LogP contribution in [0, 0.1) is 19.7 Å². The molecule has 3 aromatic rings. The predicted molar refractivity (Wildman–Crippen MR) is 131 cm³/mol. The molecule has 1 amide bonds. The Kier molecular flexibility index (Phi) is 7.22. The van der Waals surface area contributed by atoms with Gasteiger partial charge in [0.1, 0.15) is 11.6 Å². The fourth-order valence-electron chi connectivity index (χ4n) is 3.55. The number of benzene rings is 2. The van der Waals surface area contributed by atoms with Gasteiger partial charge in [0.05, 0.1) is 16.5 Å². The molecule has 166 valence electrons. The second-order valence-corrected chi connectivity index (χ2v) is 10.1. The molecule has 0 unspecified atom stereocenters. The number of nitrogens with zero attached hydrogens (tertiary/aromatic N) is 2. The average Bonchev–Trinajstić information content (AvgIpc) is 3.42. The van der Waals surface area contributed by atoms with Gasteiger partial charge in [-0.2, -0.15) is 5.10 Å². The third kappa shape index (κ3) is 5.19. The van der Waals surface area contributed by atoms with Gasteiger partial charge in [0.2, 0.25) is 0 Å². The van der Waals surface area contributed by atoms with Gasteiger partial charge in [-0.05, 0) is 49.7 Å². The molecule has 0 aliphatic carbocycles. The lowest BCUT2D eigenvalue weighted by atomic mass is 10.2. The number of ether oxygens (including phenoxy) is 1. The number of hydrogen-bond acceptors (Lipinski definition) is 5. The third-order valence-electron chi connectivity index (χ3n) is 5.10. The molecule has 1 N–H and O–H groups in total.